The van der Waals surface area contributed by atoms with E-state index >= 15 is 4.39 Å². The van der Waals surface area contributed by atoms with Gasteiger partial charge >= 0.3 is 0 Å². The molecule has 4 aromatic rings. The molecule has 8 nitrogen and oxygen atoms in total. The number of benzene rings is 1. The van der Waals surface area contributed by atoms with Crippen molar-refractivity contribution in [1.29, 1.82) is 5.26 Å². The largest absolute Gasteiger partial charge is 0.349 e. The van der Waals surface area contributed by atoms with Crippen molar-refractivity contribution in [2.75, 3.05) is 18.0 Å². The molecular formula is C28H28FN7O. The zero-order valence-electron chi connectivity index (χ0n) is 21.3. The highest BCUT2D eigenvalue weighted by molar-refractivity contribution is 6.02. The Morgan fingerprint density at radius 1 is 1.08 bits per heavy atom. The Morgan fingerprint density at radius 2 is 1.86 bits per heavy atom. The molecule has 188 valence electrons. The van der Waals surface area contributed by atoms with Gasteiger partial charge in [0.15, 0.2) is 5.65 Å². The molecule has 5 rings (SSSR count). The van der Waals surface area contributed by atoms with E-state index < -0.39 is 0 Å². The maximum atomic E-state index is 15.1. The molecule has 1 aromatic carbocycles. The van der Waals surface area contributed by atoms with Crippen molar-refractivity contribution < 1.29 is 9.18 Å². The number of hydrogen-bond donors (Lipinski definition) is 0. The second kappa shape index (κ2) is 9.62. The molecule has 2 atom stereocenters. The lowest BCUT2D eigenvalue weighted by Crippen LogP contribution is -2.59. The molecule has 0 spiro atoms. The van der Waals surface area contributed by atoms with Gasteiger partial charge in [0.05, 0.1) is 17.0 Å². The van der Waals surface area contributed by atoms with E-state index in [0.29, 0.717) is 52.4 Å². The van der Waals surface area contributed by atoms with E-state index in [4.69, 9.17) is 0 Å². The molecular weight excluding hydrogens is 469 g/mol. The summed E-state index contributed by atoms with van der Waals surface area (Å²) >= 11 is 0. The zero-order chi connectivity index (χ0) is 26.3. The summed E-state index contributed by atoms with van der Waals surface area (Å²) in [7, 11) is 0. The van der Waals surface area contributed by atoms with Crippen molar-refractivity contribution in [3.05, 3.63) is 66.5 Å². The number of amides is 1. The Labute approximate surface area is 215 Å². The summed E-state index contributed by atoms with van der Waals surface area (Å²) in [5.41, 5.74) is 2.08. The summed E-state index contributed by atoms with van der Waals surface area (Å²) in [4.78, 5) is 30.6. The Bertz CT molecular complexity index is 1520. The van der Waals surface area contributed by atoms with E-state index in [9.17, 15) is 10.1 Å². The van der Waals surface area contributed by atoms with Crippen LogP contribution in [0, 0.1) is 23.1 Å². The maximum absolute atomic E-state index is 15.1. The first-order valence-electron chi connectivity index (χ1n) is 12.3. The van der Waals surface area contributed by atoms with Gasteiger partial charge in [-0.05, 0) is 32.0 Å². The number of piperazine rings is 1. The predicted octanol–water partition coefficient (Wildman–Crippen LogP) is 4.57. The third kappa shape index (κ3) is 4.29. The molecule has 0 radical (unpaired) electrons. The summed E-state index contributed by atoms with van der Waals surface area (Å²) in [6.45, 7) is 9.08. The molecule has 1 aliphatic rings. The van der Waals surface area contributed by atoms with Gasteiger partial charge in [0.25, 0.3) is 0 Å². The number of rotatable bonds is 4. The fraction of sp³-hybridized carbons (Fsp3) is 0.321. The second-order valence-corrected chi connectivity index (χ2v) is 9.80. The van der Waals surface area contributed by atoms with Gasteiger partial charge < -0.3 is 9.80 Å². The van der Waals surface area contributed by atoms with Crippen LogP contribution in [0.2, 0.25) is 0 Å². The summed E-state index contributed by atoms with van der Waals surface area (Å²) in [6.07, 6.45) is 4.87. The van der Waals surface area contributed by atoms with Crippen LogP contribution >= 0.6 is 0 Å². The van der Waals surface area contributed by atoms with Gasteiger partial charge in [-0.2, -0.15) is 5.26 Å². The topological polar surface area (TPSA) is 90.9 Å². The van der Waals surface area contributed by atoms with Gasteiger partial charge in [-0.15, -0.1) is 0 Å². The van der Waals surface area contributed by atoms with Crippen LogP contribution in [0.4, 0.5) is 10.2 Å². The van der Waals surface area contributed by atoms with E-state index in [1.165, 1.54) is 12.4 Å². The number of carbonyl (C=O) groups excluding carboxylic acids is 1. The number of fused-ring (bicyclic) bond motifs is 1. The Balaban J connectivity index is 1.70. The number of anilines is 1. The van der Waals surface area contributed by atoms with Crippen molar-refractivity contribution >= 4 is 22.8 Å². The highest BCUT2D eigenvalue weighted by Gasteiger charge is 2.35. The van der Waals surface area contributed by atoms with Gasteiger partial charge in [-0.25, -0.2) is 19.3 Å². The first-order valence-corrected chi connectivity index (χ1v) is 12.3. The SMILES string of the molecule is CC(C)C(=O)N1C[C@H](C)N(c2ncnc3c2c(-c2ccccc2F)cn3-c2cc(C#N)ccn2)C[C@H]1C. The predicted molar refractivity (Wildman–Crippen MR) is 140 cm³/mol. The maximum Gasteiger partial charge on any atom is 0.225 e. The lowest BCUT2D eigenvalue weighted by atomic mass is 10.0. The number of hydrogen-bond acceptors (Lipinski definition) is 6. The minimum absolute atomic E-state index is 0.0196. The van der Waals surface area contributed by atoms with Crippen LogP contribution in [-0.4, -0.2) is 55.5 Å². The van der Waals surface area contributed by atoms with Crippen molar-refractivity contribution in [2.45, 2.75) is 39.8 Å². The molecule has 9 heteroatoms. The Kier molecular flexibility index (Phi) is 6.34. The fourth-order valence-corrected chi connectivity index (χ4v) is 5.00. The van der Waals surface area contributed by atoms with Crippen molar-refractivity contribution in [3.63, 3.8) is 0 Å². The first-order chi connectivity index (χ1) is 17.8. The van der Waals surface area contributed by atoms with Crippen LogP contribution in [0.1, 0.15) is 33.3 Å². The van der Waals surface area contributed by atoms with Gasteiger partial charge in [-0.3, -0.25) is 9.36 Å². The number of halogens is 1. The lowest BCUT2D eigenvalue weighted by molar-refractivity contribution is -0.137. The first kappa shape index (κ1) is 24.4. The molecule has 3 aromatic heterocycles. The summed E-state index contributed by atoms with van der Waals surface area (Å²) in [5, 5.41) is 10.1. The van der Waals surface area contributed by atoms with Gasteiger partial charge in [0.1, 0.15) is 23.8 Å². The summed E-state index contributed by atoms with van der Waals surface area (Å²) in [5.74, 6) is 0.877. The van der Waals surface area contributed by atoms with Crippen LogP contribution in [0.15, 0.2) is 55.1 Å². The number of nitriles is 1. The van der Waals surface area contributed by atoms with Crippen molar-refractivity contribution in [1.82, 2.24) is 24.4 Å². The quantitative estimate of drug-likeness (QED) is 0.410. The molecule has 0 bridgehead atoms. The van der Waals surface area contributed by atoms with Crippen LogP contribution in [0.3, 0.4) is 0 Å². The molecule has 0 saturated carbocycles. The van der Waals surface area contributed by atoms with E-state index in [0.717, 1.165) is 0 Å². The Morgan fingerprint density at radius 3 is 2.59 bits per heavy atom. The number of aromatic nitrogens is 4. The van der Waals surface area contributed by atoms with E-state index in [1.807, 2.05) is 25.7 Å². The molecule has 1 amide bonds. The highest BCUT2D eigenvalue weighted by atomic mass is 19.1. The third-order valence-corrected chi connectivity index (χ3v) is 6.88. The average molecular weight is 498 g/mol. The summed E-state index contributed by atoms with van der Waals surface area (Å²) in [6, 6.07) is 12.0. The second-order valence-electron chi connectivity index (χ2n) is 9.80. The molecule has 1 saturated heterocycles. The van der Waals surface area contributed by atoms with Crippen LogP contribution in [-0.2, 0) is 4.79 Å². The number of nitrogens with zero attached hydrogens (tertiary/aromatic N) is 7. The minimum Gasteiger partial charge on any atom is -0.349 e. The molecule has 0 unspecified atom stereocenters. The molecule has 1 fully saturated rings. The normalized spacial score (nSPS) is 17.9. The molecule has 1 aliphatic heterocycles. The standard InChI is InChI=1S/C28H28FN7O/c1-17(2)28(37)35-14-18(3)34(13-19(35)4)26-25-22(21-7-5-6-8-23(21)29)15-36(27(25)33-16-32-26)24-11-20(12-30)9-10-31-24/h5-11,15-19H,13-14H2,1-4H3/t18-,19+/m0/s1. The van der Waals surface area contributed by atoms with Gasteiger partial charge in [0.2, 0.25) is 5.91 Å². The Hall–Kier alpha value is -4.32. The van der Waals surface area contributed by atoms with E-state index in [2.05, 4.69) is 32.8 Å². The third-order valence-electron chi connectivity index (χ3n) is 6.88. The van der Waals surface area contributed by atoms with E-state index in [1.54, 1.807) is 47.3 Å². The van der Waals surface area contributed by atoms with Gasteiger partial charge in [0, 0.05) is 54.6 Å². The molecule has 37 heavy (non-hydrogen) atoms. The fourth-order valence-electron chi connectivity index (χ4n) is 5.00. The number of carbonyl (C=O) groups is 1. The van der Waals surface area contributed by atoms with E-state index in [-0.39, 0.29) is 29.7 Å². The van der Waals surface area contributed by atoms with Gasteiger partial charge in [-0.1, -0.05) is 32.0 Å². The lowest BCUT2D eigenvalue weighted by Gasteiger charge is -2.45. The van der Waals surface area contributed by atoms with Crippen LogP contribution < -0.4 is 4.90 Å². The number of pyridine rings is 1. The van der Waals surface area contributed by atoms with Crippen LogP contribution in [0.25, 0.3) is 28.0 Å². The molecule has 4 heterocycles. The van der Waals surface area contributed by atoms with Crippen molar-refractivity contribution in [3.8, 4) is 23.0 Å². The highest BCUT2D eigenvalue weighted by Crippen LogP contribution is 2.39. The minimum atomic E-state index is -0.358. The van der Waals surface area contributed by atoms with Crippen molar-refractivity contribution in [2.24, 2.45) is 5.92 Å². The summed E-state index contributed by atoms with van der Waals surface area (Å²) < 4.78 is 16.9. The average Bonchev–Trinajstić information content (AvgIpc) is 3.29. The zero-order valence-corrected chi connectivity index (χ0v) is 21.3. The van der Waals surface area contributed by atoms with Crippen LogP contribution in [0.5, 0.6) is 0 Å². The molecule has 0 aliphatic carbocycles. The monoisotopic (exact) mass is 497 g/mol. The smallest absolute Gasteiger partial charge is 0.225 e. The molecule has 0 N–H and O–H groups in total.